The largest absolute Gasteiger partial charge is 0.350 e. The molecule has 2 N–H and O–H groups in total. The first-order chi connectivity index (χ1) is 15.4. The molecule has 4 rings (SSSR count). The van der Waals surface area contributed by atoms with Crippen LogP contribution in [0.3, 0.4) is 0 Å². The van der Waals surface area contributed by atoms with Crippen LogP contribution < -0.4 is 15.5 Å². The standard InChI is InChI=1S/C24H23ClFN3O3/c25-20-21(24(32)29(23(20)31)19-12-10-16(26)11-13-19)27-18-9-5-6-15(14-18)22(30)28-17-7-3-1-2-4-8-17/h5-6,9-14,17,27H,1-4,7-8H2,(H,28,30). The van der Waals surface area contributed by atoms with Gasteiger partial charge in [0, 0.05) is 17.3 Å². The van der Waals surface area contributed by atoms with Gasteiger partial charge in [0.2, 0.25) is 0 Å². The summed E-state index contributed by atoms with van der Waals surface area (Å²) in [6, 6.07) is 11.8. The fourth-order valence-electron chi connectivity index (χ4n) is 4.01. The minimum absolute atomic E-state index is 0.0951. The van der Waals surface area contributed by atoms with E-state index in [4.69, 9.17) is 11.6 Å². The monoisotopic (exact) mass is 455 g/mol. The van der Waals surface area contributed by atoms with Gasteiger partial charge in [0.1, 0.15) is 16.5 Å². The molecule has 2 aliphatic rings. The summed E-state index contributed by atoms with van der Waals surface area (Å²) in [4.78, 5) is 39.0. The van der Waals surface area contributed by atoms with Crippen molar-refractivity contribution in [2.24, 2.45) is 0 Å². The molecule has 1 saturated carbocycles. The zero-order valence-electron chi connectivity index (χ0n) is 17.4. The van der Waals surface area contributed by atoms with Crippen LogP contribution in [0.15, 0.2) is 59.3 Å². The number of rotatable bonds is 5. The maximum atomic E-state index is 13.2. The van der Waals surface area contributed by atoms with Gasteiger partial charge in [0.25, 0.3) is 17.7 Å². The van der Waals surface area contributed by atoms with Gasteiger partial charge in [0.15, 0.2) is 0 Å². The van der Waals surface area contributed by atoms with Crippen molar-refractivity contribution in [2.45, 2.75) is 44.6 Å². The number of anilines is 2. The molecule has 0 aromatic heterocycles. The van der Waals surface area contributed by atoms with E-state index >= 15 is 0 Å². The molecule has 2 aromatic rings. The van der Waals surface area contributed by atoms with Gasteiger partial charge < -0.3 is 10.6 Å². The number of carbonyl (C=O) groups is 3. The molecule has 0 radical (unpaired) electrons. The van der Waals surface area contributed by atoms with Crippen LogP contribution in [0.25, 0.3) is 0 Å². The lowest BCUT2D eigenvalue weighted by Gasteiger charge is -2.17. The van der Waals surface area contributed by atoms with Crippen LogP contribution >= 0.6 is 11.6 Å². The van der Waals surface area contributed by atoms with Crippen LogP contribution in [-0.4, -0.2) is 23.8 Å². The molecular weight excluding hydrogens is 433 g/mol. The Kier molecular flexibility index (Phi) is 6.55. The Morgan fingerprint density at radius 1 is 0.969 bits per heavy atom. The molecular formula is C24H23ClFN3O3. The van der Waals surface area contributed by atoms with Crippen molar-refractivity contribution in [2.75, 3.05) is 10.2 Å². The van der Waals surface area contributed by atoms with Crippen LogP contribution in [0.5, 0.6) is 0 Å². The molecule has 1 aliphatic carbocycles. The van der Waals surface area contributed by atoms with E-state index in [2.05, 4.69) is 10.6 Å². The van der Waals surface area contributed by atoms with E-state index in [9.17, 15) is 18.8 Å². The lowest BCUT2D eigenvalue weighted by Crippen LogP contribution is -2.34. The molecule has 2 aromatic carbocycles. The molecule has 0 bridgehead atoms. The van der Waals surface area contributed by atoms with Crippen molar-refractivity contribution in [3.8, 4) is 0 Å². The predicted molar refractivity (Wildman–Crippen MR) is 121 cm³/mol. The fraction of sp³-hybridized carbons (Fsp3) is 0.292. The molecule has 0 saturated heterocycles. The molecule has 6 nitrogen and oxygen atoms in total. The first-order valence-corrected chi connectivity index (χ1v) is 11.0. The zero-order chi connectivity index (χ0) is 22.7. The van der Waals surface area contributed by atoms with Gasteiger partial charge >= 0.3 is 0 Å². The summed E-state index contributed by atoms with van der Waals surface area (Å²) in [5.74, 6) is -2.01. The summed E-state index contributed by atoms with van der Waals surface area (Å²) in [6.07, 6.45) is 6.57. The first-order valence-electron chi connectivity index (χ1n) is 10.7. The second kappa shape index (κ2) is 9.53. The zero-order valence-corrected chi connectivity index (χ0v) is 18.1. The number of halogens is 2. The second-order valence-corrected chi connectivity index (χ2v) is 8.36. The van der Waals surface area contributed by atoms with Gasteiger partial charge in [0.05, 0.1) is 5.69 Å². The summed E-state index contributed by atoms with van der Waals surface area (Å²) in [5, 5.41) is 5.69. The SMILES string of the molecule is O=C(NC1CCCCCC1)c1cccc(NC2=C(Cl)C(=O)N(c3ccc(F)cc3)C2=O)c1. The Bertz CT molecular complexity index is 1080. The molecule has 32 heavy (non-hydrogen) atoms. The van der Waals surface area contributed by atoms with E-state index in [1.54, 1.807) is 24.3 Å². The third kappa shape index (κ3) is 4.67. The fourth-order valence-corrected chi connectivity index (χ4v) is 4.22. The number of carbonyl (C=O) groups excluding carboxylic acids is 3. The van der Waals surface area contributed by atoms with E-state index in [-0.39, 0.29) is 28.4 Å². The minimum Gasteiger partial charge on any atom is -0.350 e. The van der Waals surface area contributed by atoms with Crippen LogP contribution in [0.1, 0.15) is 48.9 Å². The molecule has 0 spiro atoms. The third-order valence-corrected chi connectivity index (χ3v) is 6.05. The first kappa shape index (κ1) is 22.0. The van der Waals surface area contributed by atoms with Crippen molar-refractivity contribution in [1.29, 1.82) is 0 Å². The lowest BCUT2D eigenvalue weighted by molar-refractivity contribution is -0.120. The molecule has 166 valence electrons. The predicted octanol–water partition coefficient (Wildman–Crippen LogP) is 4.71. The number of hydrogen-bond donors (Lipinski definition) is 2. The van der Waals surface area contributed by atoms with Crippen molar-refractivity contribution in [3.05, 3.63) is 70.6 Å². The minimum atomic E-state index is -0.701. The molecule has 8 heteroatoms. The number of benzene rings is 2. The smallest absolute Gasteiger partial charge is 0.283 e. The second-order valence-electron chi connectivity index (χ2n) is 7.98. The highest BCUT2D eigenvalue weighted by molar-refractivity contribution is 6.53. The van der Waals surface area contributed by atoms with Crippen molar-refractivity contribution < 1.29 is 18.8 Å². The summed E-state index contributed by atoms with van der Waals surface area (Å²) in [5.41, 5.74) is 1.02. The molecule has 0 atom stereocenters. The van der Waals surface area contributed by atoms with Gasteiger partial charge in [-0.25, -0.2) is 9.29 Å². The van der Waals surface area contributed by atoms with Gasteiger partial charge in [-0.15, -0.1) is 0 Å². The van der Waals surface area contributed by atoms with E-state index in [1.165, 1.54) is 25.0 Å². The highest BCUT2D eigenvalue weighted by Crippen LogP contribution is 2.30. The molecule has 1 fully saturated rings. The van der Waals surface area contributed by atoms with Crippen molar-refractivity contribution in [1.82, 2.24) is 5.32 Å². The van der Waals surface area contributed by atoms with Gasteiger partial charge in [-0.2, -0.15) is 0 Å². The topological polar surface area (TPSA) is 78.5 Å². The highest BCUT2D eigenvalue weighted by atomic mass is 35.5. The van der Waals surface area contributed by atoms with E-state index in [0.717, 1.165) is 42.7 Å². The van der Waals surface area contributed by atoms with E-state index in [0.29, 0.717) is 11.3 Å². The van der Waals surface area contributed by atoms with Crippen molar-refractivity contribution in [3.63, 3.8) is 0 Å². The molecule has 0 unspecified atom stereocenters. The van der Waals surface area contributed by atoms with Crippen molar-refractivity contribution >= 4 is 40.7 Å². The third-order valence-electron chi connectivity index (χ3n) is 5.70. The number of amides is 3. The Labute approximate surface area is 190 Å². The van der Waals surface area contributed by atoms with Crippen LogP contribution in [0, 0.1) is 5.82 Å². The summed E-state index contributed by atoms with van der Waals surface area (Å²) in [6.45, 7) is 0. The number of hydrogen-bond acceptors (Lipinski definition) is 4. The lowest BCUT2D eigenvalue weighted by atomic mass is 10.1. The summed E-state index contributed by atoms with van der Waals surface area (Å²) in [7, 11) is 0. The molecule has 1 aliphatic heterocycles. The van der Waals surface area contributed by atoms with Gasteiger partial charge in [-0.1, -0.05) is 43.4 Å². The highest BCUT2D eigenvalue weighted by Gasteiger charge is 2.39. The Balaban J connectivity index is 1.49. The van der Waals surface area contributed by atoms with E-state index in [1.807, 2.05) is 0 Å². The average molecular weight is 456 g/mol. The van der Waals surface area contributed by atoms with Crippen LogP contribution in [0.4, 0.5) is 15.8 Å². The average Bonchev–Trinajstić information content (AvgIpc) is 2.97. The van der Waals surface area contributed by atoms with Crippen LogP contribution in [0.2, 0.25) is 0 Å². The maximum absolute atomic E-state index is 13.2. The summed E-state index contributed by atoms with van der Waals surface area (Å²) < 4.78 is 13.2. The Hall–Kier alpha value is -3.19. The van der Waals surface area contributed by atoms with E-state index < -0.39 is 17.6 Å². The molecule has 1 heterocycles. The Morgan fingerprint density at radius 3 is 2.34 bits per heavy atom. The number of nitrogens with zero attached hydrogens (tertiary/aromatic N) is 1. The number of nitrogens with one attached hydrogen (secondary N) is 2. The van der Waals surface area contributed by atoms with Gasteiger partial charge in [-0.3, -0.25) is 14.4 Å². The normalized spacial score (nSPS) is 17.5. The Morgan fingerprint density at radius 2 is 1.66 bits per heavy atom. The molecule has 3 amide bonds. The quantitative estimate of drug-likeness (QED) is 0.505. The number of imide groups is 1. The maximum Gasteiger partial charge on any atom is 0.283 e. The summed E-state index contributed by atoms with van der Waals surface area (Å²) >= 11 is 6.15. The van der Waals surface area contributed by atoms with Crippen LogP contribution in [-0.2, 0) is 9.59 Å². The van der Waals surface area contributed by atoms with Gasteiger partial charge in [-0.05, 0) is 55.3 Å².